The third kappa shape index (κ3) is 10.3. The van der Waals surface area contributed by atoms with E-state index in [2.05, 4.69) is 32.8 Å². The molecule has 0 saturated carbocycles. The van der Waals surface area contributed by atoms with Crippen LogP contribution in [0, 0.1) is 11.8 Å². The molecular formula is C28H41N5O5S. The second-order valence-corrected chi connectivity index (χ2v) is 12.2. The fraction of sp³-hybridized carbons (Fsp3) is 0.607. The predicted molar refractivity (Wildman–Crippen MR) is 149 cm³/mol. The van der Waals surface area contributed by atoms with Crippen molar-refractivity contribution in [1.82, 2.24) is 25.7 Å². The second-order valence-electron chi connectivity index (χ2n) is 10.9. The second kappa shape index (κ2) is 15.0. The number of rotatable bonds is 13. The maximum Gasteiger partial charge on any atom is 0.408 e. The van der Waals surface area contributed by atoms with Gasteiger partial charge in [-0.15, -0.1) is 10.2 Å². The third-order valence-corrected chi connectivity index (χ3v) is 7.59. The summed E-state index contributed by atoms with van der Waals surface area (Å²) in [4.78, 5) is 41.4. The van der Waals surface area contributed by atoms with Crippen molar-refractivity contribution in [3.05, 3.63) is 41.8 Å². The van der Waals surface area contributed by atoms with Crippen LogP contribution in [0.4, 0.5) is 4.79 Å². The molecule has 1 fully saturated rings. The molecule has 0 aliphatic carbocycles. The summed E-state index contributed by atoms with van der Waals surface area (Å²) >= 11 is 1.50. The van der Waals surface area contributed by atoms with Crippen LogP contribution in [-0.2, 0) is 16.1 Å². The van der Waals surface area contributed by atoms with Crippen molar-refractivity contribution in [1.29, 1.82) is 0 Å². The number of amides is 2. The number of aromatic nitrogens is 2. The third-order valence-electron chi connectivity index (χ3n) is 6.42. The first-order valence-corrected chi connectivity index (χ1v) is 14.5. The minimum absolute atomic E-state index is 0.0895. The van der Waals surface area contributed by atoms with Crippen molar-refractivity contribution in [3.63, 3.8) is 0 Å². The minimum Gasteiger partial charge on any atom is -0.445 e. The molecule has 39 heavy (non-hydrogen) atoms. The number of nitrogens with zero attached hydrogens (tertiary/aromatic N) is 3. The van der Waals surface area contributed by atoms with E-state index in [9.17, 15) is 14.4 Å². The zero-order chi connectivity index (χ0) is 28.4. The molecule has 1 unspecified atom stereocenters. The quantitative estimate of drug-likeness (QED) is 0.345. The Morgan fingerprint density at radius 2 is 1.64 bits per heavy atom. The van der Waals surface area contributed by atoms with Crippen LogP contribution in [0.5, 0.6) is 0 Å². The van der Waals surface area contributed by atoms with E-state index in [0.29, 0.717) is 23.3 Å². The summed E-state index contributed by atoms with van der Waals surface area (Å²) in [5.74, 6) is -0.784. The lowest BCUT2D eigenvalue weighted by Crippen LogP contribution is -2.52. The summed E-state index contributed by atoms with van der Waals surface area (Å²) in [6.07, 6.45) is 2.09. The molecule has 0 radical (unpaired) electrons. The minimum atomic E-state index is -0.867. The van der Waals surface area contributed by atoms with Crippen LogP contribution < -0.4 is 10.6 Å². The van der Waals surface area contributed by atoms with Crippen LogP contribution in [0.3, 0.4) is 0 Å². The van der Waals surface area contributed by atoms with Crippen LogP contribution in [-0.4, -0.2) is 70.4 Å². The highest BCUT2D eigenvalue weighted by molar-refractivity contribution is 7.99. The van der Waals surface area contributed by atoms with Crippen LogP contribution in [0.25, 0.3) is 0 Å². The normalized spacial score (nSPS) is 16.2. The van der Waals surface area contributed by atoms with Crippen LogP contribution in [0.1, 0.15) is 69.6 Å². The molecule has 2 amide bonds. The molecule has 2 heterocycles. The molecule has 10 nitrogen and oxygen atoms in total. The Kier molecular flexibility index (Phi) is 11.8. The summed E-state index contributed by atoms with van der Waals surface area (Å²) in [6, 6.07) is 7.57. The lowest BCUT2D eigenvalue weighted by molar-refractivity contribution is -0.124. The fourth-order valence-electron chi connectivity index (χ4n) is 4.34. The zero-order valence-corrected chi connectivity index (χ0v) is 24.3. The monoisotopic (exact) mass is 559 g/mol. The standard InChI is InChI=1S/C28H41N5O5S/c1-18(2)15-22(24(34)26-31-32-28(38-26)39-21-11-13-33(5)14-12-21)29-25(35)23(16-19(3)4)30-27(36)37-17-20-9-7-6-8-10-20/h6-10,18-19,21-23H,11-17H2,1-5H3,(H,29,35)(H,30,36)/t22?,23-/m0/s1. The van der Waals surface area contributed by atoms with Gasteiger partial charge in [-0.2, -0.15) is 0 Å². The maximum absolute atomic E-state index is 13.4. The lowest BCUT2D eigenvalue weighted by atomic mass is 9.98. The smallest absolute Gasteiger partial charge is 0.408 e. The number of carbonyl (C=O) groups excluding carboxylic acids is 3. The van der Waals surface area contributed by atoms with E-state index in [1.807, 2.05) is 58.0 Å². The molecule has 2 aromatic rings. The van der Waals surface area contributed by atoms with Gasteiger partial charge >= 0.3 is 6.09 Å². The number of hydrogen-bond acceptors (Lipinski definition) is 9. The van der Waals surface area contributed by atoms with Gasteiger partial charge in [0.2, 0.25) is 11.7 Å². The van der Waals surface area contributed by atoms with Gasteiger partial charge in [-0.05, 0) is 63.2 Å². The molecule has 11 heteroatoms. The molecule has 2 atom stereocenters. The van der Waals surface area contributed by atoms with Crippen molar-refractivity contribution >= 4 is 29.5 Å². The summed E-state index contributed by atoms with van der Waals surface area (Å²) in [5, 5.41) is 14.3. The van der Waals surface area contributed by atoms with E-state index in [0.717, 1.165) is 31.5 Å². The van der Waals surface area contributed by atoms with E-state index >= 15 is 0 Å². The van der Waals surface area contributed by atoms with Crippen LogP contribution in [0.2, 0.25) is 0 Å². The molecular weight excluding hydrogens is 518 g/mol. The Morgan fingerprint density at radius 3 is 2.28 bits per heavy atom. The number of benzene rings is 1. The Labute approximate surface area is 235 Å². The highest BCUT2D eigenvalue weighted by atomic mass is 32.2. The van der Waals surface area contributed by atoms with Crippen molar-refractivity contribution in [2.75, 3.05) is 20.1 Å². The van der Waals surface area contributed by atoms with E-state index < -0.39 is 29.9 Å². The fourth-order valence-corrected chi connectivity index (χ4v) is 5.28. The molecule has 1 aromatic carbocycles. The van der Waals surface area contributed by atoms with E-state index in [-0.39, 0.29) is 24.3 Å². The van der Waals surface area contributed by atoms with Crippen LogP contribution in [0.15, 0.2) is 40.0 Å². The average molecular weight is 560 g/mol. The van der Waals surface area contributed by atoms with Gasteiger partial charge in [0, 0.05) is 5.25 Å². The van der Waals surface area contributed by atoms with Crippen molar-refractivity contribution in [2.24, 2.45) is 11.8 Å². The summed E-state index contributed by atoms with van der Waals surface area (Å²) in [6.45, 7) is 9.94. The molecule has 1 aliphatic rings. The number of ketones is 1. The Morgan fingerprint density at radius 1 is 1.00 bits per heavy atom. The maximum atomic E-state index is 13.4. The van der Waals surface area contributed by atoms with Gasteiger partial charge in [-0.1, -0.05) is 69.8 Å². The average Bonchev–Trinajstić information content (AvgIpc) is 3.36. The summed E-state index contributed by atoms with van der Waals surface area (Å²) in [7, 11) is 2.10. The van der Waals surface area contributed by atoms with Crippen molar-refractivity contribution < 1.29 is 23.5 Å². The van der Waals surface area contributed by atoms with E-state index in [4.69, 9.17) is 9.15 Å². The zero-order valence-electron chi connectivity index (χ0n) is 23.5. The first-order valence-electron chi connectivity index (χ1n) is 13.6. The molecule has 0 bridgehead atoms. The molecule has 3 rings (SSSR count). The summed E-state index contributed by atoms with van der Waals surface area (Å²) < 4.78 is 11.0. The lowest BCUT2D eigenvalue weighted by Gasteiger charge is -2.27. The molecule has 1 aromatic heterocycles. The molecule has 2 N–H and O–H groups in total. The predicted octanol–water partition coefficient (Wildman–Crippen LogP) is 4.31. The largest absolute Gasteiger partial charge is 0.445 e. The highest BCUT2D eigenvalue weighted by Gasteiger charge is 2.32. The first kappa shape index (κ1) is 30.6. The molecule has 214 valence electrons. The van der Waals surface area contributed by atoms with Gasteiger partial charge in [0.25, 0.3) is 11.1 Å². The van der Waals surface area contributed by atoms with E-state index in [1.165, 1.54) is 11.8 Å². The number of hydrogen-bond donors (Lipinski definition) is 2. The number of thioether (sulfide) groups is 1. The van der Waals surface area contributed by atoms with Gasteiger partial charge in [0.15, 0.2) is 0 Å². The SMILES string of the molecule is CC(C)CC(NC(=O)[C@H](CC(C)C)NC(=O)OCc1ccccc1)C(=O)c1nnc(SC2CCN(C)CC2)o1. The first-order chi connectivity index (χ1) is 18.6. The van der Waals surface area contributed by atoms with Gasteiger partial charge in [-0.3, -0.25) is 9.59 Å². The highest BCUT2D eigenvalue weighted by Crippen LogP contribution is 2.29. The van der Waals surface area contributed by atoms with Gasteiger partial charge in [0.1, 0.15) is 12.6 Å². The van der Waals surface area contributed by atoms with Gasteiger partial charge in [0.05, 0.1) is 6.04 Å². The van der Waals surface area contributed by atoms with Crippen molar-refractivity contribution in [2.45, 2.75) is 82.5 Å². The number of nitrogens with one attached hydrogen (secondary N) is 2. The number of alkyl carbamates (subject to hydrolysis) is 1. The number of piperidine rings is 1. The topological polar surface area (TPSA) is 127 Å². The summed E-state index contributed by atoms with van der Waals surface area (Å²) in [5.41, 5.74) is 0.841. The number of ether oxygens (including phenoxy) is 1. The number of likely N-dealkylation sites (tertiary alicyclic amines) is 1. The van der Waals surface area contributed by atoms with Gasteiger partial charge < -0.3 is 24.7 Å². The number of carbonyl (C=O) groups is 3. The van der Waals surface area contributed by atoms with Crippen LogP contribution >= 0.6 is 11.8 Å². The Balaban J connectivity index is 1.63. The molecule has 1 saturated heterocycles. The van der Waals surface area contributed by atoms with Gasteiger partial charge in [-0.25, -0.2) is 4.79 Å². The molecule has 0 spiro atoms. The number of Topliss-reactive ketones (excluding diaryl/α,β-unsaturated/α-hetero) is 1. The van der Waals surface area contributed by atoms with Crippen molar-refractivity contribution in [3.8, 4) is 0 Å². The molecule has 1 aliphatic heterocycles. The Hall–Kier alpha value is -2.92. The Bertz CT molecular complexity index is 1070. The van der Waals surface area contributed by atoms with E-state index in [1.54, 1.807) is 0 Å².